The Hall–Kier alpha value is -2.58. The number of hydrogen-bond acceptors (Lipinski definition) is 5. The van der Waals surface area contributed by atoms with Crippen LogP contribution in [0.4, 0.5) is 0 Å². The molecule has 0 saturated carbocycles. The van der Waals surface area contributed by atoms with E-state index < -0.39 is 22.0 Å². The van der Waals surface area contributed by atoms with Crippen molar-refractivity contribution in [2.75, 3.05) is 7.05 Å². The standard InChI is InChI=1S/C17H17N3O4S/c1-19(25(23,24)14-8-5-9-18-11-14)15-10-16(21)20(17(15)22)12-13-6-3-2-4-7-13/h2-9,11,15H,10,12H2,1H3. The fourth-order valence-electron chi connectivity index (χ4n) is 2.72. The van der Waals surface area contributed by atoms with E-state index in [0.29, 0.717) is 0 Å². The van der Waals surface area contributed by atoms with Crippen LogP contribution in [0.5, 0.6) is 0 Å². The number of likely N-dealkylation sites (tertiary alicyclic amines) is 1. The number of carbonyl (C=O) groups is 2. The third-order valence-corrected chi connectivity index (χ3v) is 6.00. The number of benzene rings is 1. The van der Waals surface area contributed by atoms with Crippen molar-refractivity contribution < 1.29 is 18.0 Å². The molecule has 0 bridgehead atoms. The zero-order valence-electron chi connectivity index (χ0n) is 13.6. The highest BCUT2D eigenvalue weighted by Gasteiger charge is 2.44. The highest BCUT2D eigenvalue weighted by molar-refractivity contribution is 7.89. The molecule has 8 heteroatoms. The van der Waals surface area contributed by atoms with Gasteiger partial charge >= 0.3 is 0 Å². The fraction of sp³-hybridized carbons (Fsp3) is 0.235. The Kier molecular flexibility index (Phi) is 4.65. The first kappa shape index (κ1) is 17.2. The third-order valence-electron chi connectivity index (χ3n) is 4.15. The maximum absolute atomic E-state index is 12.6. The molecule has 1 aromatic carbocycles. The van der Waals surface area contributed by atoms with E-state index in [-0.39, 0.29) is 23.8 Å². The van der Waals surface area contributed by atoms with Crippen LogP contribution >= 0.6 is 0 Å². The summed E-state index contributed by atoms with van der Waals surface area (Å²) in [4.78, 5) is 29.8. The van der Waals surface area contributed by atoms with Gasteiger partial charge in [0.1, 0.15) is 10.9 Å². The molecule has 130 valence electrons. The Morgan fingerprint density at radius 1 is 1.16 bits per heavy atom. The maximum Gasteiger partial charge on any atom is 0.248 e. The van der Waals surface area contributed by atoms with Crippen molar-refractivity contribution in [1.29, 1.82) is 0 Å². The number of rotatable bonds is 5. The highest BCUT2D eigenvalue weighted by Crippen LogP contribution is 2.24. The lowest BCUT2D eigenvalue weighted by Gasteiger charge is -2.22. The van der Waals surface area contributed by atoms with Gasteiger partial charge in [-0.05, 0) is 17.7 Å². The summed E-state index contributed by atoms with van der Waals surface area (Å²) in [5.41, 5.74) is 0.808. The number of likely N-dealkylation sites (N-methyl/N-ethyl adjacent to an activating group) is 1. The predicted octanol–water partition coefficient (Wildman–Crippen LogP) is 1.03. The second-order valence-corrected chi connectivity index (χ2v) is 7.73. The average molecular weight is 359 g/mol. The predicted molar refractivity (Wildman–Crippen MR) is 89.6 cm³/mol. The van der Waals surface area contributed by atoms with Gasteiger partial charge in [0.15, 0.2) is 0 Å². The number of aromatic nitrogens is 1. The molecule has 1 atom stereocenters. The molecule has 25 heavy (non-hydrogen) atoms. The van der Waals surface area contributed by atoms with Gasteiger partial charge in [0.05, 0.1) is 13.0 Å². The van der Waals surface area contributed by atoms with Crippen LogP contribution in [0.15, 0.2) is 59.8 Å². The van der Waals surface area contributed by atoms with Gasteiger partial charge in [-0.25, -0.2) is 8.42 Å². The number of pyridine rings is 1. The molecule has 0 aliphatic carbocycles. The smallest absolute Gasteiger partial charge is 0.248 e. The van der Waals surface area contributed by atoms with Crippen molar-refractivity contribution in [1.82, 2.24) is 14.2 Å². The van der Waals surface area contributed by atoms with Gasteiger partial charge in [0, 0.05) is 19.4 Å². The van der Waals surface area contributed by atoms with Gasteiger partial charge in [-0.15, -0.1) is 0 Å². The highest BCUT2D eigenvalue weighted by atomic mass is 32.2. The van der Waals surface area contributed by atoms with E-state index in [9.17, 15) is 18.0 Å². The first-order valence-corrected chi connectivity index (χ1v) is 9.11. The molecule has 0 spiro atoms. The molecule has 1 unspecified atom stereocenters. The molecule has 1 aromatic heterocycles. The summed E-state index contributed by atoms with van der Waals surface area (Å²) in [6.45, 7) is 0.135. The van der Waals surface area contributed by atoms with Crippen molar-refractivity contribution in [3.8, 4) is 0 Å². The Balaban J connectivity index is 1.82. The lowest BCUT2D eigenvalue weighted by atomic mass is 10.2. The molecule has 0 radical (unpaired) electrons. The van der Waals surface area contributed by atoms with Crippen LogP contribution in [-0.4, -0.2) is 47.5 Å². The van der Waals surface area contributed by atoms with Gasteiger partial charge in [0.2, 0.25) is 21.8 Å². The lowest BCUT2D eigenvalue weighted by molar-refractivity contribution is -0.139. The molecule has 2 heterocycles. The van der Waals surface area contributed by atoms with Crippen LogP contribution in [0.3, 0.4) is 0 Å². The van der Waals surface area contributed by atoms with Gasteiger partial charge < -0.3 is 0 Å². The van der Waals surface area contributed by atoms with Crippen LogP contribution in [0.2, 0.25) is 0 Å². The minimum absolute atomic E-state index is 0.0146. The maximum atomic E-state index is 12.6. The van der Waals surface area contributed by atoms with Crippen LogP contribution in [-0.2, 0) is 26.2 Å². The number of hydrogen-bond donors (Lipinski definition) is 0. The summed E-state index contributed by atoms with van der Waals surface area (Å²) in [6, 6.07) is 11.0. The summed E-state index contributed by atoms with van der Waals surface area (Å²) in [6.07, 6.45) is 2.52. The SMILES string of the molecule is CN(C1CC(=O)N(Cc2ccccc2)C1=O)S(=O)(=O)c1cccnc1. The van der Waals surface area contributed by atoms with E-state index >= 15 is 0 Å². The van der Waals surface area contributed by atoms with Gasteiger partial charge in [0.25, 0.3) is 0 Å². The quantitative estimate of drug-likeness (QED) is 0.744. The molecule has 1 aliphatic rings. The molecule has 2 amide bonds. The summed E-state index contributed by atoms with van der Waals surface area (Å²) in [7, 11) is -2.59. The Morgan fingerprint density at radius 3 is 2.52 bits per heavy atom. The fourth-order valence-corrected chi connectivity index (χ4v) is 3.99. The van der Waals surface area contributed by atoms with Crippen molar-refractivity contribution in [3.05, 3.63) is 60.4 Å². The summed E-state index contributed by atoms with van der Waals surface area (Å²) in [5, 5.41) is 0. The molecule has 1 saturated heterocycles. The number of carbonyl (C=O) groups excluding carboxylic acids is 2. The molecule has 7 nitrogen and oxygen atoms in total. The van der Waals surface area contributed by atoms with Crippen LogP contribution in [0.25, 0.3) is 0 Å². The topological polar surface area (TPSA) is 87.7 Å². The van der Waals surface area contributed by atoms with Crippen molar-refractivity contribution >= 4 is 21.8 Å². The number of nitrogens with zero attached hydrogens (tertiary/aromatic N) is 3. The summed E-state index contributed by atoms with van der Waals surface area (Å²) >= 11 is 0. The normalized spacial score (nSPS) is 18.2. The van der Waals surface area contributed by atoms with Crippen LogP contribution in [0.1, 0.15) is 12.0 Å². The molecule has 2 aromatic rings. The monoisotopic (exact) mass is 359 g/mol. The average Bonchev–Trinajstić information content (AvgIpc) is 2.91. The van der Waals surface area contributed by atoms with E-state index in [2.05, 4.69) is 4.98 Å². The third kappa shape index (κ3) is 3.31. The van der Waals surface area contributed by atoms with Crippen molar-refractivity contribution in [2.24, 2.45) is 0 Å². The number of sulfonamides is 1. The van der Waals surface area contributed by atoms with Crippen molar-refractivity contribution in [3.63, 3.8) is 0 Å². The first-order valence-electron chi connectivity index (χ1n) is 7.67. The first-order chi connectivity index (χ1) is 11.9. The molecular weight excluding hydrogens is 342 g/mol. The van der Waals surface area contributed by atoms with Crippen LogP contribution in [0, 0.1) is 0 Å². The second kappa shape index (κ2) is 6.73. The van der Waals surface area contributed by atoms with Gasteiger partial charge in [-0.2, -0.15) is 4.31 Å². The molecular formula is C17H17N3O4S. The van der Waals surface area contributed by atoms with Crippen molar-refractivity contribution in [2.45, 2.75) is 23.9 Å². The van der Waals surface area contributed by atoms with E-state index in [1.807, 2.05) is 30.3 Å². The van der Waals surface area contributed by atoms with E-state index in [1.54, 1.807) is 0 Å². The second-order valence-electron chi connectivity index (χ2n) is 5.73. The van der Waals surface area contributed by atoms with E-state index in [4.69, 9.17) is 0 Å². The van der Waals surface area contributed by atoms with Gasteiger partial charge in [-0.3, -0.25) is 19.5 Å². The zero-order chi connectivity index (χ0) is 18.0. The summed E-state index contributed by atoms with van der Waals surface area (Å²) in [5.74, 6) is -0.893. The largest absolute Gasteiger partial charge is 0.277 e. The van der Waals surface area contributed by atoms with Gasteiger partial charge in [-0.1, -0.05) is 30.3 Å². The Labute approximate surface area is 145 Å². The Bertz CT molecular complexity index is 885. The number of amides is 2. The van der Waals surface area contributed by atoms with E-state index in [0.717, 1.165) is 14.8 Å². The van der Waals surface area contributed by atoms with Crippen LogP contribution < -0.4 is 0 Å². The summed E-state index contributed by atoms with van der Waals surface area (Å²) < 4.78 is 26.2. The molecule has 3 rings (SSSR count). The molecule has 0 N–H and O–H groups in total. The minimum Gasteiger partial charge on any atom is -0.277 e. The zero-order valence-corrected chi connectivity index (χ0v) is 14.4. The minimum atomic E-state index is -3.90. The molecule has 1 fully saturated rings. The number of imide groups is 1. The molecule has 1 aliphatic heterocycles. The van der Waals surface area contributed by atoms with E-state index in [1.165, 1.54) is 31.6 Å². The Morgan fingerprint density at radius 2 is 1.88 bits per heavy atom. The lowest BCUT2D eigenvalue weighted by Crippen LogP contribution is -2.42.